The fraction of sp³-hybridized carbons (Fsp3) is 0.667. The molecule has 0 aliphatic heterocycles. The lowest BCUT2D eigenvalue weighted by Gasteiger charge is -2.05. The first-order valence-electron chi connectivity index (χ1n) is 5.42. The molecule has 1 aromatic heterocycles. The van der Waals surface area contributed by atoms with Gasteiger partial charge in [-0.3, -0.25) is 4.79 Å². The first kappa shape index (κ1) is 12.7. The number of hydrogen-bond acceptors (Lipinski definition) is 5. The summed E-state index contributed by atoms with van der Waals surface area (Å²) in [6, 6.07) is 0.560. The number of H-pyrrole nitrogens is 1. The van der Waals surface area contributed by atoms with Crippen LogP contribution in [0, 0.1) is 6.92 Å². The highest BCUT2D eigenvalue weighted by Gasteiger charge is 2.22. The van der Waals surface area contributed by atoms with Crippen LogP contribution in [-0.2, 0) is 10.0 Å². The van der Waals surface area contributed by atoms with Crippen LogP contribution in [0.2, 0.25) is 0 Å². The lowest BCUT2D eigenvalue weighted by molar-refractivity contribution is 0.576. The second-order valence-corrected chi connectivity index (χ2v) is 7.00. The molecule has 0 radical (unpaired) electrons. The maximum Gasteiger partial charge on any atom is 0.305 e. The van der Waals surface area contributed by atoms with E-state index in [4.69, 9.17) is 0 Å². The van der Waals surface area contributed by atoms with Crippen molar-refractivity contribution in [3.63, 3.8) is 0 Å². The zero-order valence-corrected chi connectivity index (χ0v) is 11.1. The van der Waals surface area contributed by atoms with Gasteiger partial charge in [0, 0.05) is 24.8 Å². The number of aromatic nitrogens is 1. The molecule has 8 heteroatoms. The lowest BCUT2D eigenvalue weighted by Crippen LogP contribution is -2.32. The molecule has 17 heavy (non-hydrogen) atoms. The first-order valence-corrected chi connectivity index (χ1v) is 7.72. The average Bonchev–Trinajstić information content (AvgIpc) is 2.99. The van der Waals surface area contributed by atoms with Crippen molar-refractivity contribution in [2.45, 2.75) is 30.0 Å². The summed E-state index contributed by atoms with van der Waals surface area (Å²) in [5.41, 5.74) is 0.391. The van der Waals surface area contributed by atoms with Crippen LogP contribution in [0.4, 0.5) is 0 Å². The van der Waals surface area contributed by atoms with Crippen LogP contribution in [0.25, 0.3) is 0 Å². The van der Waals surface area contributed by atoms with E-state index in [2.05, 4.69) is 15.0 Å². The van der Waals surface area contributed by atoms with Gasteiger partial charge in [0.05, 0.1) is 0 Å². The van der Waals surface area contributed by atoms with Crippen LogP contribution in [0.3, 0.4) is 0 Å². The Balaban J connectivity index is 1.93. The smallest absolute Gasteiger partial charge is 0.305 e. The molecule has 1 aromatic rings. The molecule has 0 aromatic carbocycles. The van der Waals surface area contributed by atoms with Crippen molar-refractivity contribution < 1.29 is 8.42 Å². The summed E-state index contributed by atoms with van der Waals surface area (Å²) in [4.78, 5) is 13.2. The molecule has 0 saturated heterocycles. The summed E-state index contributed by atoms with van der Waals surface area (Å²) >= 11 is 0.716. The summed E-state index contributed by atoms with van der Waals surface area (Å²) in [5.74, 6) is 0. The zero-order valence-electron chi connectivity index (χ0n) is 9.45. The van der Waals surface area contributed by atoms with Crippen molar-refractivity contribution in [2.75, 3.05) is 13.1 Å². The Labute approximate surface area is 103 Å². The number of sulfonamides is 1. The standard InChI is InChI=1S/C9H15N3O3S2/c1-6-8(16-9(13)12-6)17(14,15)11-5-4-10-7-2-3-7/h7,10-11H,2-5H2,1H3,(H,12,13). The molecule has 1 saturated carbocycles. The Kier molecular flexibility index (Phi) is 3.67. The van der Waals surface area contributed by atoms with Crippen molar-refractivity contribution in [2.24, 2.45) is 0 Å². The predicted octanol–water partition coefficient (Wildman–Crippen LogP) is -0.225. The SMILES string of the molecule is Cc1[nH]c(=O)sc1S(=O)(=O)NCCNC1CC1. The van der Waals surface area contributed by atoms with E-state index in [1.54, 1.807) is 6.92 Å². The van der Waals surface area contributed by atoms with Crippen molar-refractivity contribution in [1.82, 2.24) is 15.0 Å². The minimum absolute atomic E-state index is 0.0777. The van der Waals surface area contributed by atoms with Gasteiger partial charge in [-0.25, -0.2) is 13.1 Å². The quantitative estimate of drug-likeness (QED) is 0.627. The number of aromatic amines is 1. The Morgan fingerprint density at radius 1 is 1.41 bits per heavy atom. The third kappa shape index (κ3) is 3.38. The summed E-state index contributed by atoms with van der Waals surface area (Å²) in [7, 11) is -3.55. The maximum absolute atomic E-state index is 11.8. The summed E-state index contributed by atoms with van der Waals surface area (Å²) in [6.07, 6.45) is 2.34. The molecule has 6 nitrogen and oxygen atoms in total. The largest absolute Gasteiger partial charge is 0.315 e. The summed E-state index contributed by atoms with van der Waals surface area (Å²) in [5, 5.41) is 3.21. The normalized spacial score (nSPS) is 16.3. The first-order chi connectivity index (χ1) is 7.99. The topological polar surface area (TPSA) is 91.1 Å². The van der Waals surface area contributed by atoms with E-state index < -0.39 is 10.0 Å². The molecule has 0 bridgehead atoms. The summed E-state index contributed by atoms with van der Waals surface area (Å²) in [6.45, 7) is 2.53. The Morgan fingerprint density at radius 2 is 2.12 bits per heavy atom. The molecule has 1 aliphatic carbocycles. The third-order valence-corrected chi connectivity index (χ3v) is 5.52. The number of aryl methyl sites for hydroxylation is 1. The van der Waals surface area contributed by atoms with Gasteiger partial charge in [0.1, 0.15) is 0 Å². The fourth-order valence-electron chi connectivity index (χ4n) is 1.46. The fourth-order valence-corrected chi connectivity index (χ4v) is 3.84. The molecular weight excluding hydrogens is 262 g/mol. The van der Waals surface area contributed by atoms with Crippen LogP contribution in [0.1, 0.15) is 18.5 Å². The predicted molar refractivity (Wildman–Crippen MR) is 65.9 cm³/mol. The molecule has 0 spiro atoms. The van der Waals surface area contributed by atoms with Gasteiger partial charge in [0.25, 0.3) is 10.0 Å². The molecule has 2 rings (SSSR count). The molecule has 96 valence electrons. The average molecular weight is 277 g/mol. The minimum atomic E-state index is -3.55. The molecule has 1 heterocycles. The van der Waals surface area contributed by atoms with E-state index in [0.717, 1.165) is 0 Å². The van der Waals surface area contributed by atoms with Crippen molar-refractivity contribution >= 4 is 21.4 Å². The Morgan fingerprint density at radius 3 is 2.65 bits per heavy atom. The van der Waals surface area contributed by atoms with E-state index in [1.807, 2.05) is 0 Å². The van der Waals surface area contributed by atoms with Crippen LogP contribution in [0.5, 0.6) is 0 Å². The minimum Gasteiger partial charge on any atom is -0.315 e. The van der Waals surface area contributed by atoms with Crippen molar-refractivity contribution in [3.8, 4) is 0 Å². The van der Waals surface area contributed by atoms with Crippen LogP contribution >= 0.6 is 11.3 Å². The molecule has 0 unspecified atom stereocenters. The molecule has 1 aliphatic rings. The Hall–Kier alpha value is -0.700. The van der Waals surface area contributed by atoms with Crippen LogP contribution < -0.4 is 14.9 Å². The van der Waals surface area contributed by atoms with Gasteiger partial charge in [-0.2, -0.15) is 0 Å². The van der Waals surface area contributed by atoms with Crippen LogP contribution in [-0.4, -0.2) is 32.5 Å². The Bertz CT molecular complexity index is 542. The summed E-state index contributed by atoms with van der Waals surface area (Å²) < 4.78 is 26.2. The third-order valence-electron chi connectivity index (χ3n) is 2.45. The highest BCUT2D eigenvalue weighted by molar-refractivity contribution is 7.91. The van der Waals surface area contributed by atoms with Gasteiger partial charge in [-0.1, -0.05) is 11.3 Å². The monoisotopic (exact) mass is 277 g/mol. The highest BCUT2D eigenvalue weighted by atomic mass is 32.2. The van der Waals surface area contributed by atoms with Crippen LogP contribution in [0.15, 0.2) is 9.00 Å². The number of rotatable bonds is 6. The second kappa shape index (κ2) is 4.89. The van der Waals surface area contributed by atoms with Gasteiger partial charge >= 0.3 is 4.87 Å². The van der Waals surface area contributed by atoms with Gasteiger partial charge < -0.3 is 10.3 Å². The molecule has 3 N–H and O–H groups in total. The van der Waals surface area contributed by atoms with E-state index in [9.17, 15) is 13.2 Å². The second-order valence-electron chi connectivity index (χ2n) is 4.05. The number of nitrogens with one attached hydrogen (secondary N) is 3. The van der Waals surface area contributed by atoms with E-state index >= 15 is 0 Å². The number of thiazole rings is 1. The van der Waals surface area contributed by atoms with Crippen molar-refractivity contribution in [1.29, 1.82) is 0 Å². The highest BCUT2D eigenvalue weighted by Crippen LogP contribution is 2.18. The van der Waals surface area contributed by atoms with Gasteiger partial charge in [-0.15, -0.1) is 0 Å². The van der Waals surface area contributed by atoms with Gasteiger partial charge in [-0.05, 0) is 19.8 Å². The van der Waals surface area contributed by atoms with E-state index in [-0.39, 0.29) is 9.08 Å². The van der Waals surface area contributed by atoms with Crippen molar-refractivity contribution in [3.05, 3.63) is 15.4 Å². The van der Waals surface area contributed by atoms with E-state index in [0.29, 0.717) is 36.2 Å². The lowest BCUT2D eigenvalue weighted by atomic mass is 10.6. The van der Waals surface area contributed by atoms with E-state index in [1.165, 1.54) is 12.8 Å². The number of hydrogen-bond donors (Lipinski definition) is 3. The van der Waals surface area contributed by atoms with Gasteiger partial charge in [0.15, 0.2) is 4.21 Å². The molecule has 1 fully saturated rings. The zero-order chi connectivity index (χ0) is 12.5. The molecular formula is C9H15N3O3S2. The molecule has 0 atom stereocenters. The van der Waals surface area contributed by atoms with Gasteiger partial charge in [0.2, 0.25) is 0 Å². The molecule has 0 amide bonds. The maximum atomic E-state index is 11.8.